The zero-order chi connectivity index (χ0) is 33.6. The molecule has 3 heterocycles. The first-order valence-corrected chi connectivity index (χ1v) is 15.9. The quantitative estimate of drug-likeness (QED) is 0.214. The van der Waals surface area contributed by atoms with Crippen molar-refractivity contribution in [3.05, 3.63) is 95.9 Å². The van der Waals surface area contributed by atoms with Crippen LogP contribution in [0.1, 0.15) is 60.1 Å². The number of aromatic nitrogens is 3. The van der Waals surface area contributed by atoms with Crippen LogP contribution in [0.4, 0.5) is 26.0 Å². The molecule has 1 saturated heterocycles. The number of aromatic amines is 1. The molecule has 47 heavy (non-hydrogen) atoms. The lowest BCUT2D eigenvalue weighted by molar-refractivity contribution is 0.0694. The third-order valence-corrected chi connectivity index (χ3v) is 9.32. The molecule has 13 heteroatoms. The Bertz CT molecular complexity index is 2020. The van der Waals surface area contributed by atoms with Crippen LogP contribution < -0.4 is 26.9 Å². The molecule has 6 rings (SSSR count). The summed E-state index contributed by atoms with van der Waals surface area (Å²) in [5.74, 6) is -2.86. The third-order valence-electron chi connectivity index (χ3n) is 9.32. The molecule has 2 fully saturated rings. The second-order valence-corrected chi connectivity index (χ2v) is 12.7. The number of carbonyl (C=O) groups is 1. The maximum atomic E-state index is 16.1. The third kappa shape index (κ3) is 6.44. The number of anilines is 3. The Morgan fingerprint density at radius 2 is 1.77 bits per heavy atom. The van der Waals surface area contributed by atoms with Crippen molar-refractivity contribution in [2.24, 2.45) is 0 Å². The van der Waals surface area contributed by atoms with Gasteiger partial charge in [0.05, 0.1) is 10.9 Å². The van der Waals surface area contributed by atoms with E-state index in [2.05, 4.69) is 15.2 Å². The molecular formula is C34H38F2N6O5. The minimum Gasteiger partial charge on any atom is -0.477 e. The molecule has 2 aliphatic rings. The molecule has 1 aliphatic carbocycles. The number of rotatable bonds is 10. The van der Waals surface area contributed by atoms with Gasteiger partial charge in [-0.25, -0.2) is 18.4 Å². The van der Waals surface area contributed by atoms with E-state index < -0.39 is 39.8 Å². The summed E-state index contributed by atoms with van der Waals surface area (Å²) in [4.78, 5) is 56.5. The Kier molecular flexibility index (Phi) is 8.75. The van der Waals surface area contributed by atoms with Crippen molar-refractivity contribution >= 4 is 34.1 Å². The highest BCUT2D eigenvalue weighted by Crippen LogP contribution is 2.40. The van der Waals surface area contributed by atoms with E-state index in [1.165, 1.54) is 21.4 Å². The number of nitrogens with zero attached hydrogens (tertiary/aromatic N) is 4. The number of aromatic carboxylic acids is 1. The summed E-state index contributed by atoms with van der Waals surface area (Å²) in [7, 11) is 0. The first-order chi connectivity index (χ1) is 22.4. The number of pyridine rings is 1. The summed E-state index contributed by atoms with van der Waals surface area (Å²) in [6.07, 6.45) is 3.91. The van der Waals surface area contributed by atoms with Crippen molar-refractivity contribution in [2.75, 3.05) is 36.4 Å². The van der Waals surface area contributed by atoms with Crippen LogP contribution >= 0.6 is 0 Å². The maximum absolute atomic E-state index is 16.1. The van der Waals surface area contributed by atoms with Gasteiger partial charge in [-0.2, -0.15) is 0 Å². The first-order valence-electron chi connectivity index (χ1n) is 15.9. The highest BCUT2D eigenvalue weighted by Gasteiger charge is 2.33. The van der Waals surface area contributed by atoms with E-state index in [0.29, 0.717) is 44.8 Å². The number of hydrogen-bond donors (Lipinski definition) is 3. The second kappa shape index (κ2) is 12.8. The van der Waals surface area contributed by atoms with E-state index in [-0.39, 0.29) is 35.2 Å². The number of piperazine rings is 1. The summed E-state index contributed by atoms with van der Waals surface area (Å²) in [6.45, 7) is 8.12. The first kappa shape index (κ1) is 32.2. The maximum Gasteiger partial charge on any atom is 0.341 e. The van der Waals surface area contributed by atoms with E-state index in [9.17, 15) is 24.3 Å². The lowest BCUT2D eigenvalue weighted by Gasteiger charge is -2.41. The molecule has 0 radical (unpaired) electrons. The molecule has 0 spiro atoms. The Morgan fingerprint density at radius 3 is 2.43 bits per heavy atom. The molecule has 0 bridgehead atoms. The van der Waals surface area contributed by atoms with Gasteiger partial charge in [0.25, 0.3) is 5.56 Å². The monoisotopic (exact) mass is 648 g/mol. The number of carboxylic acid groups (broad SMARTS) is 1. The molecule has 11 nitrogen and oxygen atoms in total. The fourth-order valence-corrected chi connectivity index (χ4v) is 6.40. The average Bonchev–Trinajstić information content (AvgIpc) is 3.85. The number of benzene rings is 2. The highest BCUT2D eigenvalue weighted by atomic mass is 19.1. The summed E-state index contributed by atoms with van der Waals surface area (Å²) in [5, 5.41) is 12.3. The number of carboxylic acids is 1. The summed E-state index contributed by atoms with van der Waals surface area (Å²) < 4.78 is 34.2. The number of hydrogen-bond acceptors (Lipinski definition) is 7. The molecule has 1 atom stereocenters. The molecule has 2 aromatic heterocycles. The van der Waals surface area contributed by atoms with Crippen molar-refractivity contribution in [1.82, 2.24) is 19.0 Å². The van der Waals surface area contributed by atoms with E-state index in [4.69, 9.17) is 0 Å². The molecule has 3 N–H and O–H groups in total. The standard InChI is InChI=1S/C34H38F2N6O5/c1-19-6-7-22(14-20(19)2)37-27-16-28(43)41(34(47)38-27)11-5-4-10-39-12-13-40(17-21(39)3)31-26(35)15-24-30(29(31)36)42(23-8-9-23)18-25(32(24)44)33(45)46/h6-7,14-16,18,21,23,37H,4-5,8-13,17H2,1-3H3,(H,38,47)(H,45,46)/t21-/m1/s1. The van der Waals surface area contributed by atoms with Crippen LogP contribution in [0.5, 0.6) is 0 Å². The van der Waals surface area contributed by atoms with Gasteiger partial charge >= 0.3 is 11.7 Å². The Balaban J connectivity index is 1.09. The molecular weight excluding hydrogens is 610 g/mol. The molecule has 1 aliphatic heterocycles. The SMILES string of the molecule is Cc1ccc(Nc2cc(=O)n(CCCCN3CCN(c4c(F)cc5c(=O)c(C(=O)O)cn(C6CC6)c5c4F)C[C@H]3C)c(=O)[nH]2)cc1C. The van der Waals surface area contributed by atoms with Gasteiger partial charge in [-0.3, -0.25) is 24.0 Å². The predicted octanol–water partition coefficient (Wildman–Crippen LogP) is 4.51. The normalized spacial score (nSPS) is 17.0. The lowest BCUT2D eigenvalue weighted by Crippen LogP contribution is -2.52. The van der Waals surface area contributed by atoms with Crippen LogP contribution in [0.2, 0.25) is 0 Å². The number of halogens is 2. The Morgan fingerprint density at radius 1 is 1.02 bits per heavy atom. The van der Waals surface area contributed by atoms with Gasteiger partial charge in [-0.05, 0) is 82.3 Å². The number of H-pyrrole nitrogens is 1. The molecule has 0 amide bonds. The summed E-state index contributed by atoms with van der Waals surface area (Å²) in [5.41, 5.74) is 0.439. The van der Waals surface area contributed by atoms with Crippen molar-refractivity contribution in [3.63, 3.8) is 0 Å². The topological polar surface area (TPSA) is 133 Å². The van der Waals surface area contributed by atoms with Crippen LogP contribution in [-0.4, -0.2) is 62.3 Å². The van der Waals surface area contributed by atoms with Crippen molar-refractivity contribution in [2.45, 2.75) is 65.1 Å². The zero-order valence-corrected chi connectivity index (χ0v) is 26.6. The van der Waals surface area contributed by atoms with Crippen molar-refractivity contribution in [1.29, 1.82) is 0 Å². The minimum atomic E-state index is -1.43. The van der Waals surface area contributed by atoms with Crippen LogP contribution in [-0.2, 0) is 6.54 Å². The van der Waals surface area contributed by atoms with E-state index >= 15 is 8.78 Å². The van der Waals surface area contributed by atoms with Crippen LogP contribution in [0.25, 0.3) is 10.9 Å². The van der Waals surface area contributed by atoms with Crippen molar-refractivity contribution < 1.29 is 18.7 Å². The second-order valence-electron chi connectivity index (χ2n) is 12.7. The molecule has 4 aromatic rings. The summed E-state index contributed by atoms with van der Waals surface area (Å²) >= 11 is 0. The van der Waals surface area contributed by atoms with Crippen molar-refractivity contribution in [3.8, 4) is 0 Å². The highest BCUT2D eigenvalue weighted by molar-refractivity contribution is 5.94. The summed E-state index contributed by atoms with van der Waals surface area (Å²) in [6, 6.07) is 7.94. The van der Waals surface area contributed by atoms with Gasteiger partial charge in [0.2, 0.25) is 5.43 Å². The molecule has 2 aromatic carbocycles. The fourth-order valence-electron chi connectivity index (χ4n) is 6.40. The van der Waals surface area contributed by atoms with Gasteiger partial charge in [0.15, 0.2) is 5.82 Å². The minimum absolute atomic E-state index is 0.0554. The Labute approximate surface area is 269 Å². The van der Waals surface area contributed by atoms with Gasteiger partial charge in [0.1, 0.15) is 22.9 Å². The molecule has 248 valence electrons. The van der Waals surface area contributed by atoms with Gasteiger partial charge in [0, 0.05) is 56.2 Å². The van der Waals surface area contributed by atoms with Gasteiger partial charge in [-0.1, -0.05) is 6.07 Å². The Hall–Kier alpha value is -4.78. The largest absolute Gasteiger partial charge is 0.477 e. The average molecular weight is 649 g/mol. The number of unbranched alkanes of at least 4 members (excludes halogenated alkanes) is 1. The van der Waals surface area contributed by atoms with Gasteiger partial charge in [-0.15, -0.1) is 0 Å². The predicted molar refractivity (Wildman–Crippen MR) is 176 cm³/mol. The zero-order valence-electron chi connectivity index (χ0n) is 26.6. The number of aryl methyl sites for hydroxylation is 2. The van der Waals surface area contributed by atoms with E-state index in [1.54, 1.807) is 4.90 Å². The van der Waals surface area contributed by atoms with Gasteiger partial charge < -0.3 is 19.9 Å². The van der Waals surface area contributed by atoms with Crippen LogP contribution in [0.3, 0.4) is 0 Å². The number of nitrogens with one attached hydrogen (secondary N) is 2. The van der Waals surface area contributed by atoms with Crippen LogP contribution in [0, 0.1) is 25.5 Å². The molecule has 1 saturated carbocycles. The smallest absolute Gasteiger partial charge is 0.341 e. The fraction of sp³-hybridized carbons (Fsp3) is 0.412. The van der Waals surface area contributed by atoms with E-state index in [1.807, 2.05) is 39.0 Å². The van der Waals surface area contributed by atoms with Crippen LogP contribution in [0.15, 0.2) is 50.9 Å². The van der Waals surface area contributed by atoms with E-state index in [0.717, 1.165) is 35.7 Å². The molecule has 0 unspecified atom stereocenters. The lowest BCUT2D eigenvalue weighted by atomic mass is 10.1. The number of fused-ring (bicyclic) bond motifs is 1.